The fourth-order valence-electron chi connectivity index (χ4n) is 4.59. The van der Waals surface area contributed by atoms with E-state index in [1.54, 1.807) is 18.2 Å². The summed E-state index contributed by atoms with van der Waals surface area (Å²) in [5.41, 5.74) is 4.77. The van der Waals surface area contributed by atoms with Crippen LogP contribution in [0.4, 0.5) is 0 Å². The average molecular weight is 478 g/mol. The molecule has 2 aliphatic rings. The molecular formula is C25H27N5O3S. The molecule has 0 unspecified atom stereocenters. The molecule has 1 aliphatic heterocycles. The molecule has 2 aromatic carbocycles. The third kappa shape index (κ3) is 4.00. The van der Waals surface area contributed by atoms with Gasteiger partial charge in [-0.15, -0.1) is 0 Å². The van der Waals surface area contributed by atoms with Crippen LogP contribution in [0.1, 0.15) is 42.8 Å². The van der Waals surface area contributed by atoms with Crippen molar-refractivity contribution in [3.05, 3.63) is 77.1 Å². The number of benzene rings is 2. The van der Waals surface area contributed by atoms with Crippen molar-refractivity contribution in [2.24, 2.45) is 10.9 Å². The van der Waals surface area contributed by atoms with Crippen LogP contribution in [0.5, 0.6) is 0 Å². The van der Waals surface area contributed by atoms with E-state index in [9.17, 15) is 13.2 Å². The number of hydrogen-bond donors (Lipinski definition) is 2. The molecule has 34 heavy (non-hydrogen) atoms. The van der Waals surface area contributed by atoms with Crippen molar-refractivity contribution < 1.29 is 13.2 Å². The van der Waals surface area contributed by atoms with Gasteiger partial charge in [-0.05, 0) is 55.0 Å². The lowest BCUT2D eigenvalue weighted by Gasteiger charge is -2.17. The summed E-state index contributed by atoms with van der Waals surface area (Å²) in [7, 11) is -3.66. The number of sulfonamides is 1. The summed E-state index contributed by atoms with van der Waals surface area (Å²) in [5.74, 6) is -0.178. The molecule has 0 radical (unpaired) electrons. The van der Waals surface area contributed by atoms with Crippen molar-refractivity contribution in [2.75, 3.05) is 0 Å². The maximum absolute atomic E-state index is 13.2. The van der Waals surface area contributed by atoms with Crippen molar-refractivity contribution in [3.8, 4) is 5.69 Å². The smallest absolute Gasteiger partial charge is 0.263 e. The third-order valence-corrected chi connectivity index (χ3v) is 7.67. The monoisotopic (exact) mass is 477 g/mol. The molecule has 3 aromatic rings. The second-order valence-corrected chi connectivity index (χ2v) is 10.6. The molecule has 2 N–H and O–H groups in total. The Balaban J connectivity index is 1.38. The van der Waals surface area contributed by atoms with E-state index in [1.165, 1.54) is 17.3 Å². The molecule has 5 rings (SSSR count). The Morgan fingerprint density at radius 2 is 1.85 bits per heavy atom. The number of fused-ring (bicyclic) bond motifs is 2. The van der Waals surface area contributed by atoms with Gasteiger partial charge in [-0.3, -0.25) is 14.5 Å². The lowest BCUT2D eigenvalue weighted by Crippen LogP contribution is -2.38. The molecule has 176 valence electrons. The summed E-state index contributed by atoms with van der Waals surface area (Å²) in [6, 6.07) is 15.9. The first kappa shape index (κ1) is 22.3. The van der Waals surface area contributed by atoms with E-state index < -0.39 is 16.1 Å². The Bertz CT molecular complexity index is 1380. The third-order valence-electron chi connectivity index (χ3n) is 6.28. The average Bonchev–Trinajstić information content (AvgIpc) is 3.50. The predicted octanol–water partition coefficient (Wildman–Crippen LogP) is 2.74. The second-order valence-electron chi connectivity index (χ2n) is 8.96. The Hall–Kier alpha value is -3.46. The van der Waals surface area contributed by atoms with Gasteiger partial charge in [-0.25, -0.2) is 13.1 Å². The molecule has 9 heteroatoms. The van der Waals surface area contributed by atoms with Crippen molar-refractivity contribution in [1.29, 1.82) is 0 Å². The van der Waals surface area contributed by atoms with Crippen LogP contribution in [-0.2, 0) is 34.2 Å². The number of nitrogens with one attached hydrogen (secondary N) is 2. The SMILES string of the molecule is CC(C)[C@H](N=C1NS(=O)(=O)c2ccccc21)C(=O)NCc1nn(-c2ccccc2)c2c1CCC2. The number of nitrogens with zero attached hydrogens (tertiary/aromatic N) is 3. The number of carbonyl (C=O) groups excluding carboxylic acids is 1. The Kier molecular flexibility index (Phi) is 5.73. The van der Waals surface area contributed by atoms with Crippen molar-refractivity contribution in [3.63, 3.8) is 0 Å². The van der Waals surface area contributed by atoms with Crippen LogP contribution < -0.4 is 10.0 Å². The number of amidine groups is 1. The zero-order valence-electron chi connectivity index (χ0n) is 19.2. The minimum absolute atomic E-state index is 0.127. The highest BCUT2D eigenvalue weighted by atomic mass is 32.2. The largest absolute Gasteiger partial charge is 0.348 e. The summed E-state index contributed by atoms with van der Waals surface area (Å²) >= 11 is 0. The number of aliphatic imine (C=N–C) groups is 1. The number of aromatic nitrogens is 2. The van der Waals surface area contributed by atoms with Gasteiger partial charge in [0.1, 0.15) is 11.9 Å². The fourth-order valence-corrected chi connectivity index (χ4v) is 5.83. The quantitative estimate of drug-likeness (QED) is 0.569. The maximum Gasteiger partial charge on any atom is 0.263 e. The molecule has 1 aliphatic carbocycles. The molecule has 0 bridgehead atoms. The van der Waals surface area contributed by atoms with E-state index in [0.29, 0.717) is 12.1 Å². The molecule has 0 saturated heterocycles. The fraction of sp³-hybridized carbons (Fsp3) is 0.320. The van der Waals surface area contributed by atoms with Gasteiger partial charge in [0.15, 0.2) is 0 Å². The van der Waals surface area contributed by atoms with Crippen molar-refractivity contribution in [2.45, 2.75) is 50.6 Å². The molecule has 2 heterocycles. The van der Waals surface area contributed by atoms with Crippen LogP contribution in [-0.4, -0.2) is 36.0 Å². The van der Waals surface area contributed by atoms with Crippen molar-refractivity contribution >= 4 is 21.8 Å². The number of rotatable bonds is 6. The van der Waals surface area contributed by atoms with Gasteiger partial charge in [-0.2, -0.15) is 5.10 Å². The van der Waals surface area contributed by atoms with Crippen LogP contribution in [0.25, 0.3) is 5.69 Å². The van der Waals surface area contributed by atoms with E-state index in [2.05, 4.69) is 15.0 Å². The first-order valence-corrected chi connectivity index (χ1v) is 13.0. The standard InChI is InChI=1S/C25H27N5O3S/c1-16(2)23(27-24-19-11-6-7-14-22(19)34(32,33)29-24)25(31)26-15-20-18-12-8-13-21(18)30(28-20)17-9-4-3-5-10-17/h3-7,9-11,14,16,23H,8,12-13,15H2,1-2H3,(H,26,31)(H,27,29)/t23-/m0/s1. The normalized spacial score (nSPS) is 17.9. The zero-order chi connectivity index (χ0) is 23.9. The highest BCUT2D eigenvalue weighted by Crippen LogP contribution is 2.28. The van der Waals surface area contributed by atoms with Crippen LogP contribution in [0.2, 0.25) is 0 Å². The van der Waals surface area contributed by atoms with Gasteiger partial charge in [-0.1, -0.05) is 44.2 Å². The van der Waals surface area contributed by atoms with Gasteiger partial charge in [0.2, 0.25) is 5.91 Å². The van der Waals surface area contributed by atoms with E-state index >= 15 is 0 Å². The molecule has 0 saturated carbocycles. The zero-order valence-corrected chi connectivity index (χ0v) is 20.0. The number of para-hydroxylation sites is 1. The minimum atomic E-state index is -3.66. The van der Waals surface area contributed by atoms with Gasteiger partial charge >= 0.3 is 0 Å². The molecular weight excluding hydrogens is 450 g/mol. The second kappa shape index (κ2) is 8.72. The summed E-state index contributed by atoms with van der Waals surface area (Å²) in [4.78, 5) is 17.9. The number of carbonyl (C=O) groups is 1. The Morgan fingerprint density at radius 3 is 2.62 bits per heavy atom. The summed E-state index contributed by atoms with van der Waals surface area (Å²) in [6.45, 7) is 4.09. The summed E-state index contributed by atoms with van der Waals surface area (Å²) < 4.78 is 29.3. The van der Waals surface area contributed by atoms with Gasteiger partial charge in [0, 0.05) is 11.3 Å². The molecule has 0 fully saturated rings. The van der Waals surface area contributed by atoms with E-state index in [1.807, 2.05) is 48.9 Å². The van der Waals surface area contributed by atoms with Gasteiger partial charge in [0.05, 0.1) is 22.8 Å². The topological polar surface area (TPSA) is 105 Å². The highest BCUT2D eigenvalue weighted by Gasteiger charge is 2.33. The van der Waals surface area contributed by atoms with E-state index in [4.69, 9.17) is 5.10 Å². The van der Waals surface area contributed by atoms with Crippen LogP contribution in [0, 0.1) is 5.92 Å². The predicted molar refractivity (Wildman–Crippen MR) is 129 cm³/mol. The number of hydrogen-bond acceptors (Lipinski definition) is 5. The lowest BCUT2D eigenvalue weighted by molar-refractivity contribution is -0.123. The first-order valence-electron chi connectivity index (χ1n) is 11.5. The van der Waals surface area contributed by atoms with Gasteiger partial charge in [0.25, 0.3) is 10.0 Å². The lowest BCUT2D eigenvalue weighted by atomic mass is 10.0. The summed E-state index contributed by atoms with van der Waals surface area (Å²) in [5, 5.41) is 7.80. The molecule has 0 spiro atoms. The first-order chi connectivity index (χ1) is 16.3. The molecule has 1 aromatic heterocycles. The van der Waals surface area contributed by atoms with Crippen LogP contribution in [0.15, 0.2) is 64.5 Å². The maximum atomic E-state index is 13.2. The molecule has 1 atom stereocenters. The van der Waals surface area contributed by atoms with Gasteiger partial charge < -0.3 is 5.32 Å². The highest BCUT2D eigenvalue weighted by molar-refractivity contribution is 7.90. The van der Waals surface area contributed by atoms with Crippen LogP contribution in [0.3, 0.4) is 0 Å². The Morgan fingerprint density at radius 1 is 1.12 bits per heavy atom. The van der Waals surface area contributed by atoms with E-state index in [0.717, 1.165) is 30.6 Å². The summed E-state index contributed by atoms with van der Waals surface area (Å²) in [6.07, 6.45) is 2.98. The molecule has 1 amide bonds. The van der Waals surface area contributed by atoms with E-state index in [-0.39, 0.29) is 22.6 Å². The number of amides is 1. The van der Waals surface area contributed by atoms with Crippen LogP contribution >= 0.6 is 0 Å². The van der Waals surface area contributed by atoms with Crippen molar-refractivity contribution in [1.82, 2.24) is 19.8 Å². The minimum Gasteiger partial charge on any atom is -0.348 e. The molecule has 8 nitrogen and oxygen atoms in total. The Labute approximate surface area is 199 Å².